The Labute approximate surface area is 130 Å². The van der Waals surface area contributed by atoms with Crippen LogP contribution < -0.4 is 5.32 Å². The Bertz CT molecular complexity index is 616. The van der Waals surface area contributed by atoms with Gasteiger partial charge in [-0.1, -0.05) is 36.4 Å². The molecule has 5 nitrogen and oxygen atoms in total. The molecule has 5 heteroatoms. The molecule has 116 valence electrons. The van der Waals surface area contributed by atoms with E-state index in [0.29, 0.717) is 5.82 Å². The maximum Gasteiger partial charge on any atom is 0.354 e. The highest BCUT2D eigenvalue weighted by Crippen LogP contribution is 2.08. The summed E-state index contributed by atoms with van der Waals surface area (Å²) in [6.45, 7) is 3.75. The van der Waals surface area contributed by atoms with E-state index >= 15 is 0 Å². The van der Waals surface area contributed by atoms with Gasteiger partial charge in [-0.25, -0.2) is 9.78 Å². The summed E-state index contributed by atoms with van der Waals surface area (Å²) in [5, 5.41) is 12.2. The molecule has 0 aliphatic carbocycles. The minimum Gasteiger partial charge on any atom is -0.477 e. The Kier molecular flexibility index (Phi) is 5.49. The highest BCUT2D eigenvalue weighted by molar-refractivity contribution is 5.85. The second kappa shape index (κ2) is 7.56. The lowest BCUT2D eigenvalue weighted by molar-refractivity contribution is 0.0690. The zero-order chi connectivity index (χ0) is 15.9. The van der Waals surface area contributed by atoms with Crippen molar-refractivity contribution in [1.82, 2.24) is 9.88 Å². The number of likely N-dealkylation sites (N-methyl/N-ethyl adjacent to an activating group) is 1. The van der Waals surface area contributed by atoms with Crippen LogP contribution in [0.4, 0.5) is 5.82 Å². The summed E-state index contributed by atoms with van der Waals surface area (Å²) >= 11 is 0. The van der Waals surface area contributed by atoms with E-state index in [1.54, 1.807) is 12.1 Å². The third-order valence-corrected chi connectivity index (χ3v) is 3.24. The van der Waals surface area contributed by atoms with Crippen LogP contribution in [0.15, 0.2) is 48.5 Å². The Morgan fingerprint density at radius 1 is 1.23 bits per heavy atom. The predicted octanol–water partition coefficient (Wildman–Crippen LogP) is 2.71. The number of carbonyl (C=O) groups is 1. The van der Waals surface area contributed by atoms with Crippen LogP contribution in [0.5, 0.6) is 0 Å². The van der Waals surface area contributed by atoms with Gasteiger partial charge in [0.05, 0.1) is 0 Å². The summed E-state index contributed by atoms with van der Waals surface area (Å²) in [7, 11) is 2.06. The van der Waals surface area contributed by atoms with Crippen molar-refractivity contribution < 1.29 is 9.90 Å². The number of anilines is 1. The van der Waals surface area contributed by atoms with E-state index in [2.05, 4.69) is 41.3 Å². The number of hydrogen-bond acceptors (Lipinski definition) is 4. The monoisotopic (exact) mass is 299 g/mol. The van der Waals surface area contributed by atoms with E-state index in [1.165, 1.54) is 11.6 Å². The Morgan fingerprint density at radius 2 is 1.95 bits per heavy atom. The summed E-state index contributed by atoms with van der Waals surface area (Å²) in [4.78, 5) is 17.2. The number of pyridine rings is 1. The van der Waals surface area contributed by atoms with Crippen LogP contribution in [0.3, 0.4) is 0 Å². The van der Waals surface area contributed by atoms with E-state index in [0.717, 1.165) is 13.1 Å². The van der Waals surface area contributed by atoms with Crippen LogP contribution in [-0.4, -0.2) is 40.6 Å². The molecule has 0 amide bonds. The van der Waals surface area contributed by atoms with Gasteiger partial charge in [-0.3, -0.25) is 0 Å². The highest BCUT2D eigenvalue weighted by atomic mass is 16.4. The number of rotatable bonds is 7. The first-order valence-corrected chi connectivity index (χ1v) is 7.24. The molecule has 0 aliphatic heterocycles. The van der Waals surface area contributed by atoms with Gasteiger partial charge < -0.3 is 15.3 Å². The van der Waals surface area contributed by atoms with Gasteiger partial charge in [0.1, 0.15) is 5.82 Å². The van der Waals surface area contributed by atoms with Gasteiger partial charge in [0.15, 0.2) is 5.69 Å². The lowest BCUT2D eigenvalue weighted by Gasteiger charge is -2.22. The maximum atomic E-state index is 10.9. The molecule has 2 rings (SSSR count). The van der Waals surface area contributed by atoms with Crippen molar-refractivity contribution in [2.24, 2.45) is 0 Å². The average Bonchev–Trinajstić information content (AvgIpc) is 2.48. The van der Waals surface area contributed by atoms with Gasteiger partial charge in [-0.2, -0.15) is 0 Å². The standard InChI is InChI=1S/C17H21N3O2/c1-13(11-20(2)12-14-7-4-3-5-8-14)18-16-10-6-9-15(19-16)17(21)22/h3-10,13H,11-12H2,1-2H3,(H,18,19)(H,21,22)/t13-/m1/s1. The molecule has 1 atom stereocenters. The fourth-order valence-electron chi connectivity index (χ4n) is 2.36. The smallest absolute Gasteiger partial charge is 0.354 e. The van der Waals surface area contributed by atoms with Crippen molar-refractivity contribution in [3.63, 3.8) is 0 Å². The summed E-state index contributed by atoms with van der Waals surface area (Å²) < 4.78 is 0. The lowest BCUT2D eigenvalue weighted by Crippen LogP contribution is -2.32. The summed E-state index contributed by atoms with van der Waals surface area (Å²) in [6, 6.07) is 15.4. The van der Waals surface area contributed by atoms with Crippen LogP contribution >= 0.6 is 0 Å². The molecule has 1 heterocycles. The third kappa shape index (κ3) is 4.86. The van der Waals surface area contributed by atoms with Crippen molar-refractivity contribution in [2.75, 3.05) is 18.9 Å². The summed E-state index contributed by atoms with van der Waals surface area (Å²) in [6.07, 6.45) is 0. The zero-order valence-electron chi connectivity index (χ0n) is 12.9. The number of carboxylic acid groups (broad SMARTS) is 1. The molecule has 0 saturated heterocycles. The summed E-state index contributed by atoms with van der Waals surface area (Å²) in [5.41, 5.74) is 1.32. The van der Waals surface area contributed by atoms with E-state index in [9.17, 15) is 4.79 Å². The van der Waals surface area contributed by atoms with Crippen molar-refractivity contribution in [3.8, 4) is 0 Å². The number of aromatic nitrogens is 1. The van der Waals surface area contributed by atoms with Gasteiger partial charge in [-0.15, -0.1) is 0 Å². The topological polar surface area (TPSA) is 65.5 Å². The average molecular weight is 299 g/mol. The van der Waals surface area contributed by atoms with E-state index in [-0.39, 0.29) is 11.7 Å². The molecule has 0 unspecified atom stereocenters. The Hall–Kier alpha value is -2.40. The van der Waals surface area contributed by atoms with Crippen LogP contribution in [0.2, 0.25) is 0 Å². The Balaban J connectivity index is 1.88. The van der Waals surface area contributed by atoms with Crippen LogP contribution in [-0.2, 0) is 6.54 Å². The molecule has 0 bridgehead atoms. The second-order valence-corrected chi connectivity index (χ2v) is 5.44. The first-order chi connectivity index (χ1) is 10.5. The lowest BCUT2D eigenvalue weighted by atomic mass is 10.2. The second-order valence-electron chi connectivity index (χ2n) is 5.44. The molecule has 2 N–H and O–H groups in total. The Morgan fingerprint density at radius 3 is 2.64 bits per heavy atom. The van der Waals surface area contributed by atoms with Crippen molar-refractivity contribution in [2.45, 2.75) is 19.5 Å². The fourth-order valence-corrected chi connectivity index (χ4v) is 2.36. The van der Waals surface area contributed by atoms with Crippen LogP contribution in [0, 0.1) is 0 Å². The molecule has 0 radical (unpaired) electrons. The molecule has 0 aliphatic rings. The van der Waals surface area contributed by atoms with Crippen LogP contribution in [0.25, 0.3) is 0 Å². The number of aromatic carboxylic acids is 1. The molecule has 1 aromatic heterocycles. The molecule has 22 heavy (non-hydrogen) atoms. The minimum absolute atomic E-state index is 0.0508. The minimum atomic E-state index is -1.02. The van der Waals surface area contributed by atoms with Gasteiger partial charge >= 0.3 is 5.97 Å². The number of hydrogen-bond donors (Lipinski definition) is 2. The van der Waals surface area contributed by atoms with Crippen molar-refractivity contribution in [3.05, 3.63) is 59.8 Å². The van der Waals surface area contributed by atoms with E-state index < -0.39 is 5.97 Å². The molecular weight excluding hydrogens is 278 g/mol. The molecule has 0 fully saturated rings. The first kappa shape index (κ1) is 16.0. The quantitative estimate of drug-likeness (QED) is 0.823. The number of carboxylic acids is 1. The predicted molar refractivity (Wildman–Crippen MR) is 87.1 cm³/mol. The van der Waals surface area contributed by atoms with Gasteiger partial charge in [-0.05, 0) is 31.7 Å². The van der Waals surface area contributed by atoms with Gasteiger partial charge in [0.25, 0.3) is 0 Å². The van der Waals surface area contributed by atoms with E-state index in [4.69, 9.17) is 5.11 Å². The molecule has 1 aromatic carbocycles. The molecule has 0 saturated carbocycles. The molecule has 0 spiro atoms. The number of nitrogens with one attached hydrogen (secondary N) is 1. The first-order valence-electron chi connectivity index (χ1n) is 7.24. The zero-order valence-corrected chi connectivity index (χ0v) is 12.9. The van der Waals surface area contributed by atoms with Crippen LogP contribution in [0.1, 0.15) is 23.0 Å². The van der Waals surface area contributed by atoms with Crippen molar-refractivity contribution >= 4 is 11.8 Å². The van der Waals surface area contributed by atoms with Crippen molar-refractivity contribution in [1.29, 1.82) is 0 Å². The number of benzene rings is 1. The number of nitrogens with zero attached hydrogens (tertiary/aromatic N) is 2. The normalized spacial score (nSPS) is 12.1. The largest absolute Gasteiger partial charge is 0.477 e. The SMILES string of the molecule is C[C@H](CN(C)Cc1ccccc1)Nc1cccc(C(=O)O)n1. The van der Waals surface area contributed by atoms with E-state index in [1.807, 2.05) is 18.2 Å². The fraction of sp³-hybridized carbons (Fsp3) is 0.294. The molecular formula is C17H21N3O2. The summed E-state index contributed by atoms with van der Waals surface area (Å²) in [5.74, 6) is -0.432. The highest BCUT2D eigenvalue weighted by Gasteiger charge is 2.09. The maximum absolute atomic E-state index is 10.9. The molecule has 2 aromatic rings. The van der Waals surface area contributed by atoms with Gasteiger partial charge in [0, 0.05) is 19.1 Å². The van der Waals surface area contributed by atoms with Gasteiger partial charge in [0.2, 0.25) is 0 Å². The third-order valence-electron chi connectivity index (χ3n) is 3.24.